The number of hydrogen-bond acceptors (Lipinski definition) is 4. The topological polar surface area (TPSA) is 52.7 Å². The predicted octanol–water partition coefficient (Wildman–Crippen LogP) is 4.58. The first kappa shape index (κ1) is 17.1. The minimum Gasteiger partial charge on any atom is -0.329 e. The first-order chi connectivity index (χ1) is 11.7. The van der Waals surface area contributed by atoms with Crippen molar-refractivity contribution in [2.75, 3.05) is 11.8 Å². The predicted molar refractivity (Wildman–Crippen MR) is 104 cm³/mol. The standard InChI is InChI=1S/C19H26N4S/c1-13-19(14(2)22-21-13)17-10-9-15(12-20-3)11-18(17)23-24-16-7-5-4-6-8-16/h5,7,9-11,16,20,23H,4,6,8,12H2,1-3H3,(H,21,22). The second-order valence-corrected chi connectivity index (χ2v) is 7.38. The van der Waals surface area contributed by atoms with Crippen LogP contribution in [0.15, 0.2) is 30.4 Å². The number of H-pyrrole nitrogens is 1. The summed E-state index contributed by atoms with van der Waals surface area (Å²) in [6, 6.07) is 6.64. The molecule has 1 unspecified atom stereocenters. The molecule has 128 valence electrons. The molecule has 1 aromatic heterocycles. The van der Waals surface area contributed by atoms with E-state index in [9.17, 15) is 0 Å². The van der Waals surface area contributed by atoms with Crippen LogP contribution in [0.25, 0.3) is 11.1 Å². The monoisotopic (exact) mass is 342 g/mol. The van der Waals surface area contributed by atoms with E-state index in [-0.39, 0.29) is 0 Å². The van der Waals surface area contributed by atoms with E-state index in [4.69, 9.17) is 0 Å². The molecule has 0 radical (unpaired) electrons. The van der Waals surface area contributed by atoms with Crippen molar-refractivity contribution < 1.29 is 0 Å². The maximum absolute atomic E-state index is 4.36. The molecule has 3 rings (SSSR count). The van der Waals surface area contributed by atoms with Crippen molar-refractivity contribution >= 4 is 17.6 Å². The van der Waals surface area contributed by atoms with Crippen molar-refractivity contribution in [2.24, 2.45) is 0 Å². The van der Waals surface area contributed by atoms with Crippen molar-refractivity contribution in [3.63, 3.8) is 0 Å². The van der Waals surface area contributed by atoms with Gasteiger partial charge in [0.2, 0.25) is 0 Å². The average molecular weight is 343 g/mol. The fourth-order valence-corrected chi connectivity index (χ4v) is 4.10. The van der Waals surface area contributed by atoms with Gasteiger partial charge in [0.05, 0.1) is 11.4 Å². The van der Waals surface area contributed by atoms with Gasteiger partial charge >= 0.3 is 0 Å². The smallest absolute Gasteiger partial charge is 0.0673 e. The van der Waals surface area contributed by atoms with Gasteiger partial charge in [0, 0.05) is 28.6 Å². The third-order valence-electron chi connectivity index (χ3n) is 4.39. The second kappa shape index (κ2) is 7.90. The van der Waals surface area contributed by atoms with Gasteiger partial charge < -0.3 is 10.0 Å². The van der Waals surface area contributed by atoms with Gasteiger partial charge in [-0.25, -0.2) is 0 Å². The number of benzene rings is 1. The Morgan fingerprint density at radius 2 is 2.21 bits per heavy atom. The molecule has 1 aliphatic carbocycles. The largest absolute Gasteiger partial charge is 0.329 e. The van der Waals surface area contributed by atoms with Crippen LogP contribution in [0, 0.1) is 13.8 Å². The molecular weight excluding hydrogens is 316 g/mol. The lowest BCUT2D eigenvalue weighted by Crippen LogP contribution is -2.08. The fourth-order valence-electron chi connectivity index (χ4n) is 3.17. The number of nitrogens with zero attached hydrogens (tertiary/aromatic N) is 1. The minimum atomic E-state index is 0.547. The van der Waals surface area contributed by atoms with Crippen LogP contribution < -0.4 is 10.0 Å². The van der Waals surface area contributed by atoms with Gasteiger partial charge in [0.25, 0.3) is 0 Å². The van der Waals surface area contributed by atoms with Gasteiger partial charge in [0.1, 0.15) is 0 Å². The second-order valence-electron chi connectivity index (χ2n) is 6.34. The molecule has 1 aliphatic rings. The highest BCUT2D eigenvalue weighted by atomic mass is 32.2. The number of aryl methyl sites for hydroxylation is 2. The number of nitrogens with one attached hydrogen (secondary N) is 3. The Kier molecular flexibility index (Phi) is 5.63. The van der Waals surface area contributed by atoms with Crippen LogP contribution in [-0.2, 0) is 6.54 Å². The van der Waals surface area contributed by atoms with Crippen molar-refractivity contribution in [2.45, 2.75) is 44.9 Å². The minimum absolute atomic E-state index is 0.547. The van der Waals surface area contributed by atoms with Crippen LogP contribution in [0.5, 0.6) is 0 Å². The zero-order valence-corrected chi connectivity index (χ0v) is 15.5. The van der Waals surface area contributed by atoms with Gasteiger partial charge in [0.15, 0.2) is 0 Å². The molecule has 1 aromatic carbocycles. The lowest BCUT2D eigenvalue weighted by atomic mass is 10.00. The number of rotatable bonds is 6. The third kappa shape index (κ3) is 3.84. The molecule has 0 saturated heterocycles. The van der Waals surface area contributed by atoms with Crippen LogP contribution in [-0.4, -0.2) is 22.5 Å². The van der Waals surface area contributed by atoms with Gasteiger partial charge in [-0.05, 0) is 63.7 Å². The summed E-state index contributed by atoms with van der Waals surface area (Å²) in [6.07, 6.45) is 8.36. The van der Waals surface area contributed by atoms with Crippen molar-refractivity contribution in [3.05, 3.63) is 47.3 Å². The summed E-state index contributed by atoms with van der Waals surface area (Å²) in [5.41, 5.74) is 7.01. The van der Waals surface area contributed by atoms with Gasteiger partial charge in [-0.2, -0.15) is 5.10 Å². The van der Waals surface area contributed by atoms with E-state index in [0.29, 0.717) is 5.25 Å². The summed E-state index contributed by atoms with van der Waals surface area (Å²) < 4.78 is 3.62. The highest BCUT2D eigenvalue weighted by Crippen LogP contribution is 2.35. The maximum atomic E-state index is 4.36. The average Bonchev–Trinajstić information content (AvgIpc) is 2.93. The highest BCUT2D eigenvalue weighted by molar-refractivity contribution is 8.01. The highest BCUT2D eigenvalue weighted by Gasteiger charge is 2.15. The zero-order chi connectivity index (χ0) is 16.9. The van der Waals surface area contributed by atoms with E-state index in [0.717, 1.165) is 17.9 Å². The molecule has 1 atom stereocenters. The molecule has 0 aliphatic heterocycles. The van der Waals surface area contributed by atoms with Crippen molar-refractivity contribution in [1.82, 2.24) is 15.5 Å². The Morgan fingerprint density at radius 1 is 1.33 bits per heavy atom. The maximum Gasteiger partial charge on any atom is 0.0673 e. The molecule has 0 spiro atoms. The van der Waals surface area contributed by atoms with Gasteiger partial charge in [-0.1, -0.05) is 24.3 Å². The molecule has 24 heavy (non-hydrogen) atoms. The molecule has 0 amide bonds. The molecule has 1 heterocycles. The molecule has 4 nitrogen and oxygen atoms in total. The van der Waals surface area contributed by atoms with E-state index in [1.54, 1.807) is 0 Å². The van der Waals surface area contributed by atoms with Gasteiger partial charge in [-0.15, -0.1) is 0 Å². The quantitative estimate of drug-likeness (QED) is 0.531. The zero-order valence-electron chi connectivity index (χ0n) is 14.6. The number of aromatic nitrogens is 2. The number of hydrogen-bond donors (Lipinski definition) is 3. The van der Waals surface area contributed by atoms with Crippen molar-refractivity contribution in [1.29, 1.82) is 0 Å². The van der Waals surface area contributed by atoms with Crippen LogP contribution in [0.2, 0.25) is 0 Å². The normalized spacial score (nSPS) is 17.2. The van der Waals surface area contributed by atoms with Gasteiger partial charge in [-0.3, -0.25) is 5.10 Å². The number of aromatic amines is 1. The molecule has 3 N–H and O–H groups in total. The number of allylic oxidation sites excluding steroid dienone is 1. The molecule has 0 bridgehead atoms. The van der Waals surface area contributed by atoms with E-state index in [2.05, 4.69) is 64.4 Å². The van der Waals surface area contributed by atoms with Crippen LogP contribution in [0.3, 0.4) is 0 Å². The number of anilines is 1. The summed E-state index contributed by atoms with van der Waals surface area (Å²) in [7, 11) is 1.98. The summed E-state index contributed by atoms with van der Waals surface area (Å²) in [6.45, 7) is 5.01. The summed E-state index contributed by atoms with van der Waals surface area (Å²) in [5, 5.41) is 11.2. The SMILES string of the molecule is CNCc1ccc(-c2c(C)n[nH]c2C)c(NSC2C=CCCC2)c1. The van der Waals surface area contributed by atoms with Crippen LogP contribution >= 0.6 is 11.9 Å². The van der Waals surface area contributed by atoms with E-state index >= 15 is 0 Å². The van der Waals surface area contributed by atoms with E-state index in [1.165, 1.54) is 41.6 Å². The Bertz CT molecular complexity index is 701. The Hall–Kier alpha value is -1.72. The fraction of sp³-hybridized carbons (Fsp3) is 0.421. The Labute approximate surface area is 148 Å². The van der Waals surface area contributed by atoms with Crippen LogP contribution in [0.4, 0.5) is 5.69 Å². The van der Waals surface area contributed by atoms with Crippen LogP contribution in [0.1, 0.15) is 36.2 Å². The summed E-state index contributed by atoms with van der Waals surface area (Å²) in [5.74, 6) is 0. The summed E-state index contributed by atoms with van der Waals surface area (Å²) >= 11 is 1.81. The Balaban J connectivity index is 1.89. The van der Waals surface area contributed by atoms with Crippen molar-refractivity contribution in [3.8, 4) is 11.1 Å². The Morgan fingerprint density at radius 3 is 2.88 bits per heavy atom. The summed E-state index contributed by atoms with van der Waals surface area (Å²) in [4.78, 5) is 0. The van der Waals surface area contributed by atoms with E-state index < -0.39 is 0 Å². The molecule has 0 fully saturated rings. The lowest BCUT2D eigenvalue weighted by Gasteiger charge is -2.19. The lowest BCUT2D eigenvalue weighted by molar-refractivity contribution is 0.742. The molecule has 0 saturated carbocycles. The third-order valence-corrected chi connectivity index (χ3v) is 5.43. The van der Waals surface area contributed by atoms with E-state index in [1.807, 2.05) is 19.0 Å². The first-order valence-electron chi connectivity index (χ1n) is 8.57. The molecule has 2 aromatic rings. The molecular formula is C19H26N4S. The first-order valence-corrected chi connectivity index (χ1v) is 9.44. The molecule has 5 heteroatoms.